The van der Waals surface area contributed by atoms with Gasteiger partial charge in [-0.15, -0.1) is 11.3 Å². The van der Waals surface area contributed by atoms with Gasteiger partial charge in [0.05, 0.1) is 0 Å². The summed E-state index contributed by atoms with van der Waals surface area (Å²) in [6.07, 6.45) is 0.849. The lowest BCUT2D eigenvalue weighted by atomic mass is 10.1. The number of para-hydroxylation sites is 1. The average molecular weight is 278 g/mol. The first-order valence-electron chi connectivity index (χ1n) is 6.74. The number of benzene rings is 2. The van der Waals surface area contributed by atoms with E-state index in [1.807, 2.05) is 29.5 Å². The highest BCUT2D eigenvalue weighted by molar-refractivity contribution is 7.19. The summed E-state index contributed by atoms with van der Waals surface area (Å²) in [6.45, 7) is 2.16. The lowest BCUT2D eigenvalue weighted by molar-refractivity contribution is 0.563. The first-order valence-corrected chi connectivity index (χ1v) is 7.56. The molecule has 0 fully saturated rings. The van der Waals surface area contributed by atoms with Gasteiger partial charge in [-0.25, -0.2) is 0 Å². The molecule has 0 saturated heterocycles. The van der Waals surface area contributed by atoms with Crippen LogP contribution in [0.2, 0.25) is 0 Å². The smallest absolute Gasteiger partial charge is 0.134 e. The van der Waals surface area contributed by atoms with Gasteiger partial charge in [0.2, 0.25) is 0 Å². The highest BCUT2D eigenvalue weighted by Gasteiger charge is 2.06. The Morgan fingerprint density at radius 3 is 2.75 bits per heavy atom. The molecule has 0 aliphatic rings. The van der Waals surface area contributed by atoms with Crippen molar-refractivity contribution in [1.29, 1.82) is 0 Å². The predicted octanol–water partition coefficient (Wildman–Crippen LogP) is 5.55. The number of hydrogen-bond donors (Lipinski definition) is 0. The van der Waals surface area contributed by atoms with Crippen molar-refractivity contribution < 1.29 is 4.42 Å². The van der Waals surface area contributed by atoms with Crippen LogP contribution in [-0.4, -0.2) is 0 Å². The van der Waals surface area contributed by atoms with Crippen LogP contribution in [0, 0.1) is 6.92 Å². The van der Waals surface area contributed by atoms with Crippen molar-refractivity contribution in [3.8, 4) is 0 Å². The maximum atomic E-state index is 5.89. The molecular weight excluding hydrogens is 264 g/mol. The Balaban J connectivity index is 1.72. The molecule has 0 unspecified atom stereocenters. The first-order chi connectivity index (χ1) is 9.78. The topological polar surface area (TPSA) is 13.1 Å². The van der Waals surface area contributed by atoms with E-state index in [9.17, 15) is 0 Å². The number of rotatable bonds is 2. The maximum Gasteiger partial charge on any atom is 0.134 e. The minimum absolute atomic E-state index is 0.849. The van der Waals surface area contributed by atoms with E-state index >= 15 is 0 Å². The Hall–Kier alpha value is -2.06. The molecular formula is C18H14OS. The molecule has 4 aromatic rings. The molecule has 4 rings (SSSR count). The normalized spacial score (nSPS) is 11.4. The number of fused-ring (bicyclic) bond motifs is 2. The predicted molar refractivity (Wildman–Crippen MR) is 85.6 cm³/mol. The molecule has 1 nitrogen and oxygen atoms in total. The van der Waals surface area contributed by atoms with Gasteiger partial charge in [0.1, 0.15) is 11.3 Å². The molecule has 0 N–H and O–H groups in total. The van der Waals surface area contributed by atoms with Crippen molar-refractivity contribution >= 4 is 32.4 Å². The van der Waals surface area contributed by atoms with Crippen LogP contribution in [0.15, 0.2) is 59.0 Å². The number of hydrogen-bond acceptors (Lipinski definition) is 2. The highest BCUT2D eigenvalue weighted by atomic mass is 32.1. The van der Waals surface area contributed by atoms with Gasteiger partial charge in [0.25, 0.3) is 0 Å². The summed E-state index contributed by atoms with van der Waals surface area (Å²) in [4.78, 5) is 1.36. The van der Waals surface area contributed by atoms with Crippen molar-refractivity contribution in [2.24, 2.45) is 0 Å². The molecule has 2 aromatic carbocycles. The summed E-state index contributed by atoms with van der Waals surface area (Å²) in [5.74, 6) is 1.03. The fourth-order valence-electron chi connectivity index (χ4n) is 2.64. The molecule has 0 aliphatic heterocycles. The van der Waals surface area contributed by atoms with Crippen molar-refractivity contribution in [3.05, 3.63) is 70.8 Å². The summed E-state index contributed by atoms with van der Waals surface area (Å²) >= 11 is 1.85. The standard InChI is InChI=1S/C18H14OS/c1-12-8-15-7-6-13(10-18(15)20-12)9-16-11-14-4-2-3-5-17(14)19-16/h2-8,10-11H,9H2,1H3. The van der Waals surface area contributed by atoms with Crippen LogP contribution in [0.25, 0.3) is 21.1 Å². The summed E-state index contributed by atoms with van der Waals surface area (Å²) in [5, 5.41) is 2.51. The van der Waals surface area contributed by atoms with Crippen LogP contribution in [0.3, 0.4) is 0 Å². The quantitative estimate of drug-likeness (QED) is 0.469. The van der Waals surface area contributed by atoms with Crippen molar-refractivity contribution in [3.63, 3.8) is 0 Å². The zero-order chi connectivity index (χ0) is 13.5. The van der Waals surface area contributed by atoms with E-state index in [1.54, 1.807) is 0 Å². The van der Waals surface area contributed by atoms with Crippen molar-refractivity contribution in [2.75, 3.05) is 0 Å². The molecule has 0 saturated carbocycles. The van der Waals surface area contributed by atoms with Gasteiger partial charge in [-0.2, -0.15) is 0 Å². The summed E-state index contributed by atoms with van der Waals surface area (Å²) < 4.78 is 7.25. The number of aryl methyl sites for hydroxylation is 1. The molecule has 2 heterocycles. The summed E-state index contributed by atoms with van der Waals surface area (Å²) in [6, 6.07) is 19.2. The molecule has 20 heavy (non-hydrogen) atoms. The monoisotopic (exact) mass is 278 g/mol. The second-order valence-corrected chi connectivity index (χ2v) is 6.44. The van der Waals surface area contributed by atoms with Crippen molar-refractivity contribution in [2.45, 2.75) is 13.3 Å². The van der Waals surface area contributed by atoms with Crippen LogP contribution >= 0.6 is 11.3 Å². The zero-order valence-corrected chi connectivity index (χ0v) is 12.0. The molecule has 0 radical (unpaired) electrons. The van der Waals surface area contributed by atoms with E-state index in [0.717, 1.165) is 17.8 Å². The minimum atomic E-state index is 0.849. The van der Waals surface area contributed by atoms with Gasteiger partial charge in [0.15, 0.2) is 0 Å². The SMILES string of the molecule is Cc1cc2ccc(Cc3cc4ccccc4o3)cc2s1. The Bertz CT molecular complexity index is 865. The Labute approximate surface area is 121 Å². The average Bonchev–Trinajstić information content (AvgIpc) is 2.99. The van der Waals surface area contributed by atoms with Gasteiger partial charge in [-0.1, -0.05) is 30.3 Å². The van der Waals surface area contributed by atoms with Crippen LogP contribution in [0.4, 0.5) is 0 Å². The Morgan fingerprint density at radius 1 is 0.950 bits per heavy atom. The molecule has 0 atom stereocenters. The van der Waals surface area contributed by atoms with E-state index in [0.29, 0.717) is 0 Å². The van der Waals surface area contributed by atoms with Crippen LogP contribution < -0.4 is 0 Å². The largest absolute Gasteiger partial charge is 0.461 e. The van der Waals surface area contributed by atoms with E-state index in [-0.39, 0.29) is 0 Å². The van der Waals surface area contributed by atoms with E-state index < -0.39 is 0 Å². The Kier molecular flexibility index (Phi) is 2.64. The van der Waals surface area contributed by atoms with Gasteiger partial charge >= 0.3 is 0 Å². The number of thiophene rings is 1. The molecule has 0 amide bonds. The Morgan fingerprint density at radius 2 is 1.85 bits per heavy atom. The second kappa shape index (κ2) is 4.50. The molecule has 0 spiro atoms. The lowest BCUT2D eigenvalue weighted by Crippen LogP contribution is -1.84. The lowest BCUT2D eigenvalue weighted by Gasteiger charge is -1.98. The van der Waals surface area contributed by atoms with Gasteiger partial charge in [0, 0.05) is 21.4 Å². The molecule has 0 bridgehead atoms. The number of furan rings is 1. The fourth-order valence-corrected chi connectivity index (χ4v) is 3.63. The third kappa shape index (κ3) is 2.02. The van der Waals surface area contributed by atoms with Crippen LogP contribution in [-0.2, 0) is 6.42 Å². The molecule has 2 aromatic heterocycles. The highest BCUT2D eigenvalue weighted by Crippen LogP contribution is 2.27. The molecule has 98 valence electrons. The van der Waals surface area contributed by atoms with Gasteiger partial charge < -0.3 is 4.42 Å². The van der Waals surface area contributed by atoms with Gasteiger partial charge in [-0.3, -0.25) is 0 Å². The van der Waals surface area contributed by atoms with Crippen molar-refractivity contribution in [1.82, 2.24) is 0 Å². The van der Waals surface area contributed by atoms with E-state index in [1.165, 1.54) is 25.9 Å². The second-order valence-electron chi connectivity index (χ2n) is 5.16. The zero-order valence-electron chi connectivity index (χ0n) is 11.2. The fraction of sp³-hybridized carbons (Fsp3) is 0.111. The third-order valence-electron chi connectivity index (χ3n) is 3.56. The maximum absolute atomic E-state index is 5.89. The van der Waals surface area contributed by atoms with Crippen LogP contribution in [0.5, 0.6) is 0 Å². The summed E-state index contributed by atoms with van der Waals surface area (Å²) in [7, 11) is 0. The van der Waals surface area contributed by atoms with E-state index in [2.05, 4.69) is 43.3 Å². The van der Waals surface area contributed by atoms with Gasteiger partial charge in [-0.05, 0) is 42.1 Å². The summed E-state index contributed by atoms with van der Waals surface area (Å²) in [5.41, 5.74) is 2.27. The minimum Gasteiger partial charge on any atom is -0.461 e. The van der Waals surface area contributed by atoms with Crippen LogP contribution in [0.1, 0.15) is 16.2 Å². The molecule has 2 heteroatoms. The first kappa shape index (κ1) is 11.7. The van der Waals surface area contributed by atoms with E-state index in [4.69, 9.17) is 4.42 Å². The third-order valence-corrected chi connectivity index (χ3v) is 4.58. The molecule has 0 aliphatic carbocycles.